The van der Waals surface area contributed by atoms with E-state index in [2.05, 4.69) is 4.74 Å². The first-order valence-corrected chi connectivity index (χ1v) is 4.68. The van der Waals surface area contributed by atoms with Crippen LogP contribution in [0.4, 0.5) is 0 Å². The number of ether oxygens (including phenoxy) is 1. The molecule has 4 nitrogen and oxygen atoms in total. The summed E-state index contributed by atoms with van der Waals surface area (Å²) in [6, 6.07) is 0. The molecule has 0 fully saturated rings. The Bertz CT molecular complexity index is 302. The van der Waals surface area contributed by atoms with Gasteiger partial charge in [-0.15, -0.1) is 11.6 Å². The number of hydrogen-bond acceptors (Lipinski definition) is 4. The summed E-state index contributed by atoms with van der Waals surface area (Å²) in [4.78, 5) is 11.3. The smallest absolute Gasteiger partial charge is 0.343 e. The molecule has 1 aliphatic rings. The molecule has 0 aromatic carbocycles. The lowest BCUT2D eigenvalue weighted by atomic mass is 9.96. The monoisotopic (exact) mass is 240 g/mol. The van der Waals surface area contributed by atoms with Crippen LogP contribution in [0.15, 0.2) is 10.6 Å². The van der Waals surface area contributed by atoms with Gasteiger partial charge in [0.15, 0.2) is 0 Å². The third-order valence-corrected chi connectivity index (χ3v) is 3.42. The van der Waals surface area contributed by atoms with Gasteiger partial charge >= 0.3 is 5.97 Å². The van der Waals surface area contributed by atoms with Crippen LogP contribution >= 0.6 is 23.2 Å². The Morgan fingerprint density at radius 2 is 2.14 bits per heavy atom. The number of carbonyl (C=O) groups excluding carboxylic acids is 1. The zero-order chi connectivity index (χ0) is 11.1. The molecule has 0 bridgehead atoms. The summed E-state index contributed by atoms with van der Waals surface area (Å²) >= 11 is 11.4. The first-order chi connectivity index (χ1) is 6.37. The van der Waals surface area contributed by atoms with Crippen LogP contribution in [-0.4, -0.2) is 40.4 Å². The van der Waals surface area contributed by atoms with E-state index in [1.807, 2.05) is 0 Å². The van der Waals surface area contributed by atoms with Gasteiger partial charge in [0.1, 0.15) is 11.5 Å². The highest BCUT2D eigenvalue weighted by Crippen LogP contribution is 2.41. The largest absolute Gasteiger partial charge is 0.467 e. The fraction of sp³-hybridized carbons (Fsp3) is 0.625. The molecule has 0 amide bonds. The predicted molar refractivity (Wildman–Crippen MR) is 51.2 cm³/mol. The summed E-state index contributed by atoms with van der Waals surface area (Å²) in [6.45, 7) is 1.42. The van der Waals surface area contributed by atoms with Crippen LogP contribution in [-0.2, 0) is 9.53 Å². The molecule has 1 rings (SSSR count). The van der Waals surface area contributed by atoms with Crippen molar-refractivity contribution in [3.63, 3.8) is 0 Å². The number of halogens is 2. The maximum absolute atomic E-state index is 11.3. The minimum atomic E-state index is -2.03. The van der Waals surface area contributed by atoms with E-state index in [-0.39, 0.29) is 10.6 Å². The molecule has 0 aliphatic heterocycles. The first kappa shape index (κ1) is 11.8. The van der Waals surface area contributed by atoms with E-state index >= 15 is 0 Å². The van der Waals surface area contributed by atoms with Crippen molar-refractivity contribution in [2.75, 3.05) is 7.11 Å². The van der Waals surface area contributed by atoms with Crippen molar-refractivity contribution < 1.29 is 19.7 Å². The van der Waals surface area contributed by atoms with Crippen molar-refractivity contribution in [1.82, 2.24) is 0 Å². The van der Waals surface area contributed by atoms with Gasteiger partial charge in [-0.25, -0.2) is 4.79 Å². The molecule has 6 heteroatoms. The Balaban J connectivity index is 3.18. The van der Waals surface area contributed by atoms with Gasteiger partial charge in [-0.05, 0) is 12.5 Å². The normalized spacial score (nSPS) is 37.6. The highest BCUT2D eigenvalue weighted by atomic mass is 35.5. The van der Waals surface area contributed by atoms with Crippen LogP contribution in [0.2, 0.25) is 0 Å². The third kappa shape index (κ3) is 1.34. The van der Waals surface area contributed by atoms with E-state index in [1.54, 1.807) is 0 Å². The van der Waals surface area contributed by atoms with Gasteiger partial charge in [-0.3, -0.25) is 0 Å². The third-order valence-electron chi connectivity index (χ3n) is 2.36. The Labute approximate surface area is 91.1 Å². The molecule has 0 spiro atoms. The van der Waals surface area contributed by atoms with Crippen molar-refractivity contribution in [2.45, 2.75) is 24.0 Å². The second-order valence-corrected chi connectivity index (χ2v) is 3.95. The summed E-state index contributed by atoms with van der Waals surface area (Å²) in [5.74, 6) is -0.926. The summed E-state index contributed by atoms with van der Waals surface area (Å²) in [7, 11) is 1.12. The molecular formula is C8H10Cl2O4. The molecule has 0 radical (unpaired) electrons. The van der Waals surface area contributed by atoms with Gasteiger partial charge in [0.25, 0.3) is 0 Å². The predicted octanol–water partition coefficient (Wildman–Crippen LogP) is 0.385. The zero-order valence-corrected chi connectivity index (χ0v) is 9.13. The van der Waals surface area contributed by atoms with Gasteiger partial charge < -0.3 is 14.9 Å². The molecule has 0 aromatic heterocycles. The van der Waals surface area contributed by atoms with Crippen molar-refractivity contribution in [2.24, 2.45) is 0 Å². The number of carbonyl (C=O) groups is 1. The van der Waals surface area contributed by atoms with Crippen LogP contribution in [0.25, 0.3) is 0 Å². The Morgan fingerprint density at radius 3 is 2.43 bits per heavy atom. The second kappa shape index (κ2) is 3.70. The molecule has 0 heterocycles. The van der Waals surface area contributed by atoms with Crippen molar-refractivity contribution in [3.8, 4) is 0 Å². The van der Waals surface area contributed by atoms with E-state index in [0.29, 0.717) is 0 Å². The molecular weight excluding hydrogens is 231 g/mol. The number of alkyl halides is 1. The van der Waals surface area contributed by atoms with Gasteiger partial charge in [0.05, 0.1) is 12.1 Å². The van der Waals surface area contributed by atoms with Crippen LogP contribution in [0.5, 0.6) is 0 Å². The topological polar surface area (TPSA) is 66.8 Å². The van der Waals surface area contributed by atoms with E-state index in [1.165, 1.54) is 6.92 Å². The molecule has 2 N–H and O–H groups in total. The maximum atomic E-state index is 11.3. The highest BCUT2D eigenvalue weighted by Gasteiger charge is 2.56. The summed E-state index contributed by atoms with van der Waals surface area (Å²) < 4.78 is 4.40. The maximum Gasteiger partial charge on any atom is 0.343 e. The van der Waals surface area contributed by atoms with E-state index < -0.39 is 23.1 Å². The number of hydrogen-bond donors (Lipinski definition) is 2. The van der Waals surface area contributed by atoms with E-state index in [9.17, 15) is 15.0 Å². The highest BCUT2D eigenvalue weighted by molar-refractivity contribution is 6.34. The van der Waals surface area contributed by atoms with Gasteiger partial charge in [0, 0.05) is 0 Å². The lowest BCUT2D eigenvalue weighted by molar-refractivity contribution is -0.158. The van der Waals surface area contributed by atoms with Crippen LogP contribution in [0, 0.1) is 0 Å². The number of aliphatic hydroxyl groups is 2. The number of aliphatic hydroxyl groups excluding tert-OH is 1. The molecule has 14 heavy (non-hydrogen) atoms. The summed E-state index contributed by atoms with van der Waals surface area (Å²) in [6.07, 6.45) is -1.25. The average Bonchev–Trinajstić information content (AvgIpc) is 2.34. The van der Waals surface area contributed by atoms with Gasteiger partial charge in [-0.1, -0.05) is 11.6 Å². The lowest BCUT2D eigenvalue weighted by Crippen LogP contribution is -2.48. The Kier molecular flexibility index (Phi) is 3.11. The number of rotatable bonds is 1. The number of methoxy groups -OCH3 is 1. The molecule has 1 aliphatic carbocycles. The minimum absolute atomic E-state index is 0.0158. The molecule has 0 saturated carbocycles. The quantitative estimate of drug-likeness (QED) is 0.514. The van der Waals surface area contributed by atoms with Crippen LogP contribution in [0.1, 0.15) is 6.92 Å². The molecule has 0 aromatic rings. The molecule has 80 valence electrons. The average molecular weight is 241 g/mol. The lowest BCUT2D eigenvalue weighted by Gasteiger charge is -2.25. The van der Waals surface area contributed by atoms with Crippen LogP contribution in [0.3, 0.4) is 0 Å². The SMILES string of the molecule is COC(=O)C1(O)C(C)=C(Cl)C(O)C1Cl. The fourth-order valence-electron chi connectivity index (χ4n) is 1.39. The van der Waals surface area contributed by atoms with E-state index in [4.69, 9.17) is 23.2 Å². The van der Waals surface area contributed by atoms with Crippen molar-refractivity contribution in [1.29, 1.82) is 0 Å². The molecule has 3 unspecified atom stereocenters. The summed E-state index contributed by atoms with van der Waals surface area (Å²) in [5.41, 5.74) is -1.91. The van der Waals surface area contributed by atoms with Gasteiger partial charge in [-0.2, -0.15) is 0 Å². The fourth-order valence-corrected chi connectivity index (χ4v) is 2.10. The first-order valence-electron chi connectivity index (χ1n) is 3.87. The summed E-state index contributed by atoms with van der Waals surface area (Å²) in [5, 5.41) is 18.1. The van der Waals surface area contributed by atoms with Crippen LogP contribution < -0.4 is 0 Å². The minimum Gasteiger partial charge on any atom is -0.467 e. The molecule has 0 saturated heterocycles. The standard InChI is InChI=1S/C8H10Cl2O4/c1-3-4(9)5(11)6(10)8(3,13)7(12)14-2/h5-6,11,13H,1-2H3. The zero-order valence-electron chi connectivity index (χ0n) is 7.62. The van der Waals surface area contributed by atoms with Crippen molar-refractivity contribution >= 4 is 29.2 Å². The Morgan fingerprint density at radius 1 is 1.64 bits per heavy atom. The van der Waals surface area contributed by atoms with E-state index in [0.717, 1.165) is 7.11 Å². The Hall–Kier alpha value is -0.290. The van der Waals surface area contributed by atoms with Gasteiger partial charge in [0.2, 0.25) is 5.60 Å². The second-order valence-electron chi connectivity index (χ2n) is 3.08. The molecule has 3 atom stereocenters. The van der Waals surface area contributed by atoms with Crippen molar-refractivity contribution in [3.05, 3.63) is 10.6 Å². The number of esters is 1.